The number of amides is 2. The third-order valence-corrected chi connectivity index (χ3v) is 4.51. The number of hydrogen-bond acceptors (Lipinski definition) is 5. The molecule has 1 saturated carbocycles. The lowest BCUT2D eigenvalue weighted by atomic mass is 9.85. The van der Waals surface area contributed by atoms with Crippen LogP contribution in [-0.2, 0) is 19.2 Å². The van der Waals surface area contributed by atoms with E-state index in [0.717, 1.165) is 0 Å². The predicted molar refractivity (Wildman–Crippen MR) is 71.4 cm³/mol. The molecule has 5 atom stereocenters. The third-order valence-electron chi connectivity index (χ3n) is 4.51. The van der Waals surface area contributed by atoms with Gasteiger partial charge in [-0.2, -0.15) is 0 Å². The second-order valence-corrected chi connectivity index (χ2v) is 6.98. The number of ether oxygens (including phenoxy) is 1. The molecule has 21 heavy (non-hydrogen) atoms. The number of rotatable bonds is 1. The highest BCUT2D eigenvalue weighted by atomic mass is 16.8. The first-order valence-electron chi connectivity index (χ1n) is 7.18. The minimum atomic E-state index is -1.03. The summed E-state index contributed by atoms with van der Waals surface area (Å²) in [6.45, 7) is 7.10. The van der Waals surface area contributed by atoms with Crippen molar-refractivity contribution in [2.24, 2.45) is 29.6 Å². The van der Waals surface area contributed by atoms with E-state index < -0.39 is 35.4 Å². The van der Waals surface area contributed by atoms with Gasteiger partial charge < -0.3 is 4.74 Å². The minimum Gasteiger partial charge on any atom is -0.427 e. The van der Waals surface area contributed by atoms with Crippen LogP contribution in [0.25, 0.3) is 0 Å². The molecule has 114 valence electrons. The van der Waals surface area contributed by atoms with Crippen LogP contribution in [0.4, 0.5) is 4.79 Å². The zero-order valence-electron chi connectivity index (χ0n) is 12.5. The molecular weight excluding hydrogens is 274 g/mol. The Morgan fingerprint density at radius 1 is 1.10 bits per heavy atom. The first-order chi connectivity index (χ1) is 9.70. The number of hydrogen-bond donors (Lipinski definition) is 0. The van der Waals surface area contributed by atoms with Crippen molar-refractivity contribution in [2.45, 2.75) is 33.3 Å². The molecule has 6 heteroatoms. The highest BCUT2D eigenvalue weighted by Gasteiger charge is 2.63. The van der Waals surface area contributed by atoms with Gasteiger partial charge in [-0.3, -0.25) is 14.4 Å². The van der Waals surface area contributed by atoms with E-state index in [4.69, 9.17) is 9.57 Å². The van der Waals surface area contributed by atoms with E-state index in [1.165, 1.54) is 0 Å². The summed E-state index contributed by atoms with van der Waals surface area (Å²) < 4.78 is 4.99. The number of imide groups is 1. The van der Waals surface area contributed by atoms with Crippen molar-refractivity contribution >= 4 is 18.0 Å². The molecule has 0 radical (unpaired) electrons. The van der Waals surface area contributed by atoms with Crippen LogP contribution in [-0.4, -0.2) is 28.6 Å². The van der Waals surface area contributed by atoms with Crippen LogP contribution in [0.3, 0.4) is 0 Å². The molecule has 0 spiro atoms. The Morgan fingerprint density at radius 3 is 2.00 bits per heavy atom. The highest BCUT2D eigenvalue weighted by molar-refractivity contribution is 6.06. The van der Waals surface area contributed by atoms with Gasteiger partial charge in [0.15, 0.2) is 0 Å². The molecule has 3 aliphatic rings. The van der Waals surface area contributed by atoms with Crippen molar-refractivity contribution in [1.82, 2.24) is 5.06 Å². The van der Waals surface area contributed by atoms with Gasteiger partial charge in [0.25, 0.3) is 11.8 Å². The van der Waals surface area contributed by atoms with Crippen LogP contribution < -0.4 is 0 Å². The van der Waals surface area contributed by atoms with E-state index >= 15 is 0 Å². The Bertz CT molecular complexity index is 515. The standard InChI is InChI=1S/C15H19NO5/c1-7-8-5-6-9(7)11-10(8)12(17)16(13(11)18)21-14(19)20-15(2,3)4/h5-11H,1-4H3/t7?,8?,9?,10-,11+. The van der Waals surface area contributed by atoms with Gasteiger partial charge in [0.1, 0.15) is 5.60 Å². The van der Waals surface area contributed by atoms with Gasteiger partial charge in [-0.05, 0) is 38.5 Å². The molecular formula is C15H19NO5. The molecule has 0 aromatic heterocycles. The van der Waals surface area contributed by atoms with Gasteiger partial charge in [-0.25, -0.2) is 4.79 Å². The maximum atomic E-state index is 12.4. The van der Waals surface area contributed by atoms with Crippen molar-refractivity contribution < 1.29 is 24.0 Å². The number of hydroxylamine groups is 2. The summed E-state index contributed by atoms with van der Waals surface area (Å²) in [6, 6.07) is 0. The number of carbonyl (C=O) groups excluding carboxylic acids is 3. The van der Waals surface area contributed by atoms with Crippen molar-refractivity contribution in [2.75, 3.05) is 0 Å². The number of allylic oxidation sites excluding steroid dienone is 2. The lowest BCUT2D eigenvalue weighted by molar-refractivity contribution is -0.183. The third kappa shape index (κ3) is 2.04. The van der Waals surface area contributed by atoms with E-state index in [2.05, 4.69) is 0 Å². The molecule has 2 bridgehead atoms. The summed E-state index contributed by atoms with van der Waals surface area (Å²) in [7, 11) is 0. The van der Waals surface area contributed by atoms with Gasteiger partial charge in [0.05, 0.1) is 11.8 Å². The fourth-order valence-corrected chi connectivity index (χ4v) is 3.69. The van der Waals surface area contributed by atoms with E-state index in [-0.39, 0.29) is 17.8 Å². The summed E-state index contributed by atoms with van der Waals surface area (Å²) in [5.74, 6) is -1.25. The number of fused-ring (bicyclic) bond motifs is 5. The first-order valence-corrected chi connectivity index (χ1v) is 7.18. The topological polar surface area (TPSA) is 72.9 Å². The zero-order valence-corrected chi connectivity index (χ0v) is 12.5. The zero-order chi connectivity index (χ0) is 15.5. The molecule has 3 unspecified atom stereocenters. The molecule has 0 N–H and O–H groups in total. The van der Waals surface area contributed by atoms with Crippen molar-refractivity contribution in [3.05, 3.63) is 12.2 Å². The first kappa shape index (κ1) is 14.1. The summed E-state index contributed by atoms with van der Waals surface area (Å²) >= 11 is 0. The maximum Gasteiger partial charge on any atom is 0.534 e. The Kier molecular flexibility index (Phi) is 2.90. The van der Waals surface area contributed by atoms with Gasteiger partial charge in [0.2, 0.25) is 0 Å². The molecule has 1 saturated heterocycles. The number of nitrogens with zero attached hydrogens (tertiary/aromatic N) is 1. The maximum absolute atomic E-state index is 12.4. The van der Waals surface area contributed by atoms with E-state index in [1.54, 1.807) is 20.8 Å². The predicted octanol–water partition coefficient (Wildman–Crippen LogP) is 1.91. The summed E-state index contributed by atoms with van der Waals surface area (Å²) in [5.41, 5.74) is -0.742. The Labute approximate surface area is 123 Å². The number of carbonyl (C=O) groups is 3. The fourth-order valence-electron chi connectivity index (χ4n) is 3.69. The quantitative estimate of drug-likeness (QED) is 0.419. The van der Waals surface area contributed by atoms with Crippen molar-refractivity contribution in [3.63, 3.8) is 0 Å². The van der Waals surface area contributed by atoms with E-state index in [9.17, 15) is 14.4 Å². The van der Waals surface area contributed by atoms with E-state index in [1.807, 2.05) is 19.1 Å². The van der Waals surface area contributed by atoms with Crippen molar-refractivity contribution in [3.8, 4) is 0 Å². The van der Waals surface area contributed by atoms with Gasteiger partial charge >= 0.3 is 6.16 Å². The molecule has 1 aliphatic heterocycles. The molecule has 1 heterocycles. The average molecular weight is 293 g/mol. The normalized spacial score (nSPS) is 37.1. The van der Waals surface area contributed by atoms with Crippen LogP contribution in [0.1, 0.15) is 27.7 Å². The Balaban J connectivity index is 1.75. The van der Waals surface area contributed by atoms with E-state index in [0.29, 0.717) is 5.06 Å². The van der Waals surface area contributed by atoms with Crippen LogP contribution in [0, 0.1) is 29.6 Å². The largest absolute Gasteiger partial charge is 0.534 e. The van der Waals surface area contributed by atoms with Crippen LogP contribution in [0.2, 0.25) is 0 Å². The SMILES string of the molecule is CC1C2C=CC1[C@@H]1C(=O)N(OC(=O)OC(C)(C)C)C(=O)[C@H]21. The summed E-state index contributed by atoms with van der Waals surface area (Å²) in [6.07, 6.45) is 2.97. The molecule has 2 aliphatic carbocycles. The second-order valence-electron chi connectivity index (χ2n) is 6.98. The molecule has 6 nitrogen and oxygen atoms in total. The lowest BCUT2D eigenvalue weighted by Gasteiger charge is -2.22. The summed E-state index contributed by atoms with van der Waals surface area (Å²) in [4.78, 5) is 41.3. The Morgan fingerprint density at radius 2 is 1.57 bits per heavy atom. The molecule has 2 fully saturated rings. The fraction of sp³-hybridized carbons (Fsp3) is 0.667. The minimum absolute atomic E-state index is 0.0590. The van der Waals surface area contributed by atoms with Gasteiger partial charge in [-0.15, -0.1) is 0 Å². The van der Waals surface area contributed by atoms with Crippen molar-refractivity contribution in [1.29, 1.82) is 0 Å². The van der Waals surface area contributed by atoms with Crippen LogP contribution >= 0.6 is 0 Å². The van der Waals surface area contributed by atoms with Gasteiger partial charge in [-0.1, -0.05) is 24.1 Å². The molecule has 3 rings (SSSR count). The van der Waals surface area contributed by atoms with Crippen LogP contribution in [0.5, 0.6) is 0 Å². The monoisotopic (exact) mass is 293 g/mol. The van der Waals surface area contributed by atoms with Crippen LogP contribution in [0.15, 0.2) is 12.2 Å². The molecule has 0 aromatic carbocycles. The lowest BCUT2D eigenvalue weighted by Crippen LogP contribution is -2.38. The van der Waals surface area contributed by atoms with Gasteiger partial charge in [0, 0.05) is 0 Å². The summed E-state index contributed by atoms with van der Waals surface area (Å²) in [5, 5.41) is 0.599. The highest BCUT2D eigenvalue weighted by Crippen LogP contribution is 2.55. The average Bonchev–Trinajstić information content (AvgIpc) is 2.92. The molecule has 0 aromatic rings. The molecule has 2 amide bonds. The Hall–Kier alpha value is -1.85. The second kappa shape index (κ2) is 4.32. The smallest absolute Gasteiger partial charge is 0.427 e.